The van der Waals surface area contributed by atoms with Crippen LogP contribution in [-0.4, -0.2) is 19.2 Å². The van der Waals surface area contributed by atoms with Crippen LogP contribution in [0.1, 0.15) is 34.8 Å². The lowest BCUT2D eigenvalue weighted by atomic mass is 10.1. The fourth-order valence-corrected chi connectivity index (χ4v) is 2.05. The van der Waals surface area contributed by atoms with Crippen molar-refractivity contribution in [3.8, 4) is 5.75 Å². The topological polar surface area (TPSA) is 50.7 Å². The number of rotatable bonds is 6. The normalized spacial score (nSPS) is 10.6. The lowest BCUT2D eigenvalue weighted by Crippen LogP contribution is -2.17. The summed E-state index contributed by atoms with van der Waals surface area (Å²) in [5.74, 6) is 0.376. The van der Waals surface area contributed by atoms with Crippen molar-refractivity contribution in [2.75, 3.05) is 7.11 Å². The van der Waals surface area contributed by atoms with Gasteiger partial charge in [-0.25, -0.2) is 5.43 Å². The second-order valence-corrected chi connectivity index (χ2v) is 4.92. The van der Waals surface area contributed by atoms with Crippen LogP contribution in [0.25, 0.3) is 0 Å². The lowest BCUT2D eigenvalue weighted by molar-refractivity contribution is 0.0955. The van der Waals surface area contributed by atoms with Gasteiger partial charge in [0.05, 0.1) is 13.3 Å². The minimum atomic E-state index is -0.266. The summed E-state index contributed by atoms with van der Waals surface area (Å²) in [4.78, 5) is 12.0. The van der Waals surface area contributed by atoms with E-state index < -0.39 is 0 Å². The molecule has 0 aliphatic carbocycles. The molecular formula is C18H20N2O2. The molecule has 0 saturated carbocycles. The number of ether oxygens (including phenoxy) is 1. The first-order valence-electron chi connectivity index (χ1n) is 7.29. The highest BCUT2D eigenvalue weighted by Gasteiger charge is 2.04. The van der Waals surface area contributed by atoms with Gasteiger partial charge in [-0.2, -0.15) is 5.10 Å². The van der Waals surface area contributed by atoms with Crippen molar-refractivity contribution in [1.82, 2.24) is 5.43 Å². The van der Waals surface area contributed by atoms with Gasteiger partial charge < -0.3 is 4.74 Å². The predicted molar refractivity (Wildman–Crippen MR) is 88.5 cm³/mol. The summed E-state index contributed by atoms with van der Waals surface area (Å²) in [6.07, 6.45) is 3.84. The van der Waals surface area contributed by atoms with Crippen LogP contribution < -0.4 is 10.2 Å². The molecule has 4 nitrogen and oxygen atoms in total. The molecule has 0 aliphatic rings. The Balaban J connectivity index is 1.94. The molecule has 0 radical (unpaired) electrons. The van der Waals surface area contributed by atoms with Gasteiger partial charge in [0.15, 0.2) is 0 Å². The lowest BCUT2D eigenvalue weighted by Gasteiger charge is -2.03. The summed E-state index contributed by atoms with van der Waals surface area (Å²) in [6.45, 7) is 2.16. The number of benzene rings is 2. The van der Waals surface area contributed by atoms with E-state index in [1.807, 2.05) is 12.1 Å². The number of methoxy groups -OCH3 is 1. The number of hydrogen-bond acceptors (Lipinski definition) is 3. The number of amides is 1. The predicted octanol–water partition coefficient (Wildman–Crippen LogP) is 3.41. The average molecular weight is 296 g/mol. The Hall–Kier alpha value is -2.62. The number of hydrazone groups is 1. The van der Waals surface area contributed by atoms with E-state index in [1.165, 1.54) is 5.56 Å². The van der Waals surface area contributed by atoms with E-state index in [0.717, 1.165) is 18.4 Å². The molecule has 2 aromatic carbocycles. The van der Waals surface area contributed by atoms with Crippen molar-refractivity contribution in [2.24, 2.45) is 5.10 Å². The zero-order valence-electron chi connectivity index (χ0n) is 12.9. The van der Waals surface area contributed by atoms with Gasteiger partial charge >= 0.3 is 0 Å². The molecule has 2 rings (SSSR count). The Kier molecular flexibility index (Phi) is 5.72. The number of nitrogens with zero attached hydrogens (tertiary/aromatic N) is 1. The molecular weight excluding hydrogens is 276 g/mol. The van der Waals surface area contributed by atoms with Crippen LogP contribution >= 0.6 is 0 Å². The quantitative estimate of drug-likeness (QED) is 0.656. The van der Waals surface area contributed by atoms with Gasteiger partial charge in [0.2, 0.25) is 0 Å². The Labute approximate surface area is 130 Å². The molecule has 0 aliphatic heterocycles. The highest BCUT2D eigenvalue weighted by molar-refractivity contribution is 5.95. The van der Waals surface area contributed by atoms with Crippen molar-refractivity contribution in [1.29, 1.82) is 0 Å². The third kappa shape index (κ3) is 4.45. The minimum absolute atomic E-state index is 0.266. The van der Waals surface area contributed by atoms with Gasteiger partial charge in [-0.05, 0) is 35.7 Å². The van der Waals surface area contributed by atoms with Crippen molar-refractivity contribution in [2.45, 2.75) is 19.8 Å². The minimum Gasteiger partial charge on any atom is -0.497 e. The van der Waals surface area contributed by atoms with Gasteiger partial charge in [0, 0.05) is 5.56 Å². The summed E-state index contributed by atoms with van der Waals surface area (Å²) in [7, 11) is 1.57. The molecule has 0 atom stereocenters. The standard InChI is InChI=1S/C18H20N2O2/c1-3-5-14-8-10-15(11-9-14)13-19-20-18(21)16-6-4-7-17(12-16)22-2/h4,6-13H,3,5H2,1-2H3,(H,20,21). The van der Waals surface area contributed by atoms with Crippen LogP contribution in [0.3, 0.4) is 0 Å². The van der Waals surface area contributed by atoms with Crippen LogP contribution in [0.4, 0.5) is 0 Å². The molecule has 0 aromatic heterocycles. The van der Waals surface area contributed by atoms with Gasteiger partial charge in [-0.1, -0.05) is 43.7 Å². The summed E-state index contributed by atoms with van der Waals surface area (Å²) in [6, 6.07) is 15.1. The zero-order valence-corrected chi connectivity index (χ0v) is 12.9. The largest absolute Gasteiger partial charge is 0.497 e. The first-order valence-corrected chi connectivity index (χ1v) is 7.29. The molecule has 22 heavy (non-hydrogen) atoms. The van der Waals surface area contributed by atoms with E-state index in [9.17, 15) is 4.79 Å². The van der Waals surface area contributed by atoms with Gasteiger partial charge in [0.25, 0.3) is 5.91 Å². The summed E-state index contributed by atoms with van der Waals surface area (Å²) in [5.41, 5.74) is 5.28. The Morgan fingerprint density at radius 2 is 2.00 bits per heavy atom. The Bertz CT molecular complexity index is 648. The third-order valence-corrected chi connectivity index (χ3v) is 3.23. The highest BCUT2D eigenvalue weighted by atomic mass is 16.5. The highest BCUT2D eigenvalue weighted by Crippen LogP contribution is 2.12. The number of carbonyl (C=O) groups is 1. The summed E-state index contributed by atoms with van der Waals surface area (Å²) in [5, 5.41) is 3.98. The maximum Gasteiger partial charge on any atom is 0.271 e. The molecule has 0 spiro atoms. The molecule has 4 heteroatoms. The van der Waals surface area contributed by atoms with E-state index in [4.69, 9.17) is 4.74 Å². The van der Waals surface area contributed by atoms with Crippen LogP contribution in [0.5, 0.6) is 5.75 Å². The van der Waals surface area contributed by atoms with Gasteiger partial charge in [0.1, 0.15) is 5.75 Å². The van der Waals surface area contributed by atoms with Crippen molar-refractivity contribution < 1.29 is 9.53 Å². The molecule has 0 bridgehead atoms. The molecule has 0 saturated heterocycles. The van der Waals surface area contributed by atoms with Crippen molar-refractivity contribution in [3.05, 3.63) is 65.2 Å². The van der Waals surface area contributed by atoms with Gasteiger partial charge in [-0.15, -0.1) is 0 Å². The van der Waals surface area contributed by atoms with Crippen molar-refractivity contribution >= 4 is 12.1 Å². The van der Waals surface area contributed by atoms with Crippen LogP contribution in [0, 0.1) is 0 Å². The molecule has 0 unspecified atom stereocenters. The molecule has 1 N–H and O–H groups in total. The van der Waals surface area contributed by atoms with E-state index in [1.54, 1.807) is 37.6 Å². The smallest absolute Gasteiger partial charge is 0.271 e. The van der Waals surface area contributed by atoms with Gasteiger partial charge in [-0.3, -0.25) is 4.79 Å². The second kappa shape index (κ2) is 7.98. The summed E-state index contributed by atoms with van der Waals surface area (Å²) < 4.78 is 5.09. The van der Waals surface area contributed by atoms with E-state index >= 15 is 0 Å². The fraction of sp³-hybridized carbons (Fsp3) is 0.222. The Morgan fingerprint density at radius 3 is 2.68 bits per heavy atom. The maximum atomic E-state index is 12.0. The molecule has 114 valence electrons. The van der Waals surface area contributed by atoms with Crippen molar-refractivity contribution in [3.63, 3.8) is 0 Å². The third-order valence-electron chi connectivity index (χ3n) is 3.23. The molecule has 1 amide bonds. The maximum absolute atomic E-state index is 12.0. The fourth-order valence-electron chi connectivity index (χ4n) is 2.05. The van der Waals surface area contributed by atoms with E-state index in [2.05, 4.69) is 29.6 Å². The molecule has 0 heterocycles. The number of carbonyl (C=O) groups excluding carboxylic acids is 1. The number of aryl methyl sites for hydroxylation is 1. The van der Waals surface area contributed by atoms with E-state index in [0.29, 0.717) is 11.3 Å². The van der Waals surface area contributed by atoms with Crippen LogP contribution in [0.15, 0.2) is 53.6 Å². The SMILES string of the molecule is CCCc1ccc(C=NNC(=O)c2cccc(OC)c2)cc1. The second-order valence-electron chi connectivity index (χ2n) is 4.92. The monoisotopic (exact) mass is 296 g/mol. The zero-order chi connectivity index (χ0) is 15.8. The van der Waals surface area contributed by atoms with E-state index in [-0.39, 0.29) is 5.91 Å². The molecule has 0 fully saturated rings. The Morgan fingerprint density at radius 1 is 1.23 bits per heavy atom. The van der Waals surface area contributed by atoms with Crippen LogP contribution in [0.2, 0.25) is 0 Å². The summed E-state index contributed by atoms with van der Waals surface area (Å²) >= 11 is 0. The average Bonchev–Trinajstić information content (AvgIpc) is 2.56. The molecule has 2 aromatic rings. The first kappa shape index (κ1) is 15.8. The number of nitrogens with one attached hydrogen (secondary N) is 1. The number of hydrogen-bond donors (Lipinski definition) is 1. The first-order chi connectivity index (χ1) is 10.7. The van der Waals surface area contributed by atoms with Crippen LogP contribution in [-0.2, 0) is 6.42 Å².